The molecular weight excluding hydrogens is 502 g/mol. The number of carbonyl (C=O) groups is 1. The Labute approximate surface area is 205 Å². The van der Waals surface area contributed by atoms with Crippen LogP contribution in [0.25, 0.3) is 0 Å². The van der Waals surface area contributed by atoms with E-state index in [1.54, 1.807) is 43.5 Å². The Morgan fingerprint density at radius 3 is 2.14 bits per heavy atom. The van der Waals surface area contributed by atoms with Crippen LogP contribution in [0.2, 0.25) is 0 Å². The highest BCUT2D eigenvalue weighted by atomic mass is 32.2. The average Bonchev–Trinajstić information content (AvgIpc) is 3.19. The molecule has 1 aliphatic heterocycles. The number of ether oxygens (including phenoxy) is 2. The molecule has 1 aliphatic rings. The lowest BCUT2D eigenvalue weighted by molar-refractivity contribution is 0.0779. The van der Waals surface area contributed by atoms with Crippen molar-refractivity contribution in [2.45, 2.75) is 37.0 Å². The van der Waals surface area contributed by atoms with Crippen LogP contribution >= 0.6 is 0 Å². The van der Waals surface area contributed by atoms with E-state index in [2.05, 4.69) is 0 Å². The third kappa shape index (κ3) is 9.45. The molecule has 194 valence electrons. The van der Waals surface area contributed by atoms with Gasteiger partial charge in [-0.1, -0.05) is 29.8 Å². The van der Waals surface area contributed by atoms with E-state index in [-0.39, 0.29) is 31.1 Å². The van der Waals surface area contributed by atoms with Gasteiger partial charge in [-0.25, -0.2) is 4.79 Å². The van der Waals surface area contributed by atoms with Crippen LogP contribution in [0.15, 0.2) is 53.4 Å². The smallest absolute Gasteiger partial charge is 0.410 e. The summed E-state index contributed by atoms with van der Waals surface area (Å²) in [6.07, 6.45) is -0.109. The second kappa shape index (κ2) is 12.3. The van der Waals surface area contributed by atoms with Gasteiger partial charge in [0.1, 0.15) is 12.4 Å². The summed E-state index contributed by atoms with van der Waals surface area (Å²) in [7, 11) is -6.08. The predicted molar refractivity (Wildman–Crippen MR) is 126 cm³/mol. The number of hydrogen-bond donors (Lipinski definition) is 2. The number of likely N-dealkylation sites (tertiary alicyclic amines) is 1. The number of aliphatic hydroxyl groups excluding tert-OH is 1. The third-order valence-electron chi connectivity index (χ3n) is 4.97. The van der Waals surface area contributed by atoms with Crippen molar-refractivity contribution in [1.29, 1.82) is 0 Å². The third-order valence-corrected chi connectivity index (χ3v) is 6.46. The number of aryl methyl sites for hydroxylation is 1. The van der Waals surface area contributed by atoms with Gasteiger partial charge in [-0.15, -0.1) is 0 Å². The fourth-order valence-electron chi connectivity index (χ4n) is 3.25. The summed E-state index contributed by atoms with van der Waals surface area (Å²) in [6, 6.07) is 12.5. The largest absolute Gasteiger partial charge is 0.497 e. The number of nitrogens with zero attached hydrogens (tertiary/aromatic N) is 1. The molecule has 0 bridgehead atoms. The molecule has 11 nitrogen and oxygen atoms in total. The van der Waals surface area contributed by atoms with Crippen LogP contribution in [0.3, 0.4) is 0 Å². The standard InChI is InChI=1S/C15H21NO7S.C7H8O3S/c1-21-13-5-3-11(4-6-13)10-22-15(18)16-8-14(7-12(16)9-17)23-24(2,19)20;1-6-2-4-7(5-3-6)11(8,9)10/h3-6,12,14,17H,7-10H2,1-2H3;2-5H,1H3,(H,8,9,10)/t12-,14+;/m0./s1. The SMILES string of the molecule is COc1ccc(COC(=O)N2C[C@H](OS(C)(=O)=O)C[C@H]2CO)cc1.Cc1ccc(S(=O)(=O)O)cc1. The molecule has 0 spiro atoms. The molecule has 2 aromatic carbocycles. The molecule has 1 fully saturated rings. The van der Waals surface area contributed by atoms with Crippen molar-refractivity contribution in [3.63, 3.8) is 0 Å². The minimum absolute atomic E-state index is 0.0553. The highest BCUT2D eigenvalue weighted by Gasteiger charge is 2.38. The van der Waals surface area contributed by atoms with Crippen LogP contribution in [0, 0.1) is 6.92 Å². The number of amides is 1. The number of aliphatic hydroxyl groups is 1. The molecule has 13 heteroatoms. The van der Waals surface area contributed by atoms with Crippen molar-refractivity contribution < 1.29 is 44.9 Å². The first-order chi connectivity index (χ1) is 16.3. The van der Waals surface area contributed by atoms with Gasteiger partial charge in [-0.2, -0.15) is 16.8 Å². The van der Waals surface area contributed by atoms with E-state index in [1.165, 1.54) is 17.0 Å². The Kier molecular flexibility index (Phi) is 10.0. The second-order valence-corrected chi connectivity index (χ2v) is 10.9. The number of rotatable bonds is 7. The monoisotopic (exact) mass is 531 g/mol. The first kappa shape index (κ1) is 28.5. The van der Waals surface area contributed by atoms with E-state index in [0.717, 1.165) is 17.4 Å². The highest BCUT2D eigenvalue weighted by Crippen LogP contribution is 2.23. The summed E-state index contributed by atoms with van der Waals surface area (Å²) in [5.41, 5.74) is 1.74. The Morgan fingerprint density at radius 2 is 1.66 bits per heavy atom. The maximum Gasteiger partial charge on any atom is 0.410 e. The molecule has 0 aromatic heterocycles. The van der Waals surface area contributed by atoms with Crippen LogP contribution in [-0.4, -0.2) is 76.2 Å². The predicted octanol–water partition coefficient (Wildman–Crippen LogP) is 1.98. The molecule has 1 amide bonds. The quantitative estimate of drug-likeness (QED) is 0.400. The fraction of sp³-hybridized carbons (Fsp3) is 0.409. The number of carbonyl (C=O) groups excluding carboxylic acids is 1. The van der Waals surface area contributed by atoms with Crippen molar-refractivity contribution in [2.24, 2.45) is 0 Å². The molecule has 0 unspecified atom stereocenters. The molecule has 1 saturated heterocycles. The molecule has 1 heterocycles. The normalized spacial score (nSPS) is 17.9. The van der Waals surface area contributed by atoms with E-state index < -0.39 is 38.5 Å². The van der Waals surface area contributed by atoms with Gasteiger partial charge in [0.15, 0.2) is 0 Å². The van der Waals surface area contributed by atoms with Gasteiger partial charge in [-0.05, 0) is 43.2 Å². The van der Waals surface area contributed by atoms with Crippen LogP contribution in [-0.2, 0) is 35.8 Å². The molecule has 2 atom stereocenters. The molecule has 2 N–H and O–H groups in total. The lowest BCUT2D eigenvalue weighted by Gasteiger charge is -2.22. The first-order valence-electron chi connectivity index (χ1n) is 10.4. The summed E-state index contributed by atoms with van der Waals surface area (Å²) in [5, 5.41) is 9.38. The Hall–Kier alpha value is -2.71. The molecule has 0 saturated carbocycles. The van der Waals surface area contributed by atoms with Gasteiger partial charge in [0.2, 0.25) is 0 Å². The maximum absolute atomic E-state index is 12.2. The first-order valence-corrected chi connectivity index (χ1v) is 13.7. The zero-order chi connectivity index (χ0) is 26.2. The van der Waals surface area contributed by atoms with Crippen LogP contribution in [0.4, 0.5) is 4.79 Å². The maximum atomic E-state index is 12.2. The molecular formula is C22H29NO10S2. The molecule has 2 aromatic rings. The topological polar surface area (TPSA) is 157 Å². The Balaban J connectivity index is 0.000000328. The van der Waals surface area contributed by atoms with Gasteiger partial charge in [0, 0.05) is 0 Å². The van der Waals surface area contributed by atoms with E-state index >= 15 is 0 Å². The zero-order valence-electron chi connectivity index (χ0n) is 19.5. The lowest BCUT2D eigenvalue weighted by Crippen LogP contribution is -2.38. The minimum atomic E-state index is -4.02. The summed E-state index contributed by atoms with van der Waals surface area (Å²) in [6.45, 7) is 1.67. The van der Waals surface area contributed by atoms with Crippen molar-refractivity contribution in [3.8, 4) is 5.75 Å². The van der Waals surface area contributed by atoms with Gasteiger partial charge < -0.3 is 19.5 Å². The molecule has 0 radical (unpaired) electrons. The molecule has 0 aliphatic carbocycles. The zero-order valence-corrected chi connectivity index (χ0v) is 21.2. The van der Waals surface area contributed by atoms with E-state index in [0.29, 0.717) is 5.75 Å². The number of methoxy groups -OCH3 is 1. The van der Waals surface area contributed by atoms with E-state index in [4.69, 9.17) is 18.2 Å². The summed E-state index contributed by atoms with van der Waals surface area (Å²) >= 11 is 0. The number of hydrogen-bond acceptors (Lipinski definition) is 9. The van der Waals surface area contributed by atoms with Crippen LogP contribution in [0.5, 0.6) is 5.75 Å². The molecule has 35 heavy (non-hydrogen) atoms. The van der Waals surface area contributed by atoms with Crippen LogP contribution in [0.1, 0.15) is 17.5 Å². The van der Waals surface area contributed by atoms with Crippen molar-refractivity contribution in [3.05, 3.63) is 59.7 Å². The van der Waals surface area contributed by atoms with Gasteiger partial charge in [0.05, 0.1) is 43.6 Å². The summed E-state index contributed by atoms with van der Waals surface area (Å²) < 4.78 is 67.1. The Morgan fingerprint density at radius 1 is 1.06 bits per heavy atom. The minimum Gasteiger partial charge on any atom is -0.497 e. The van der Waals surface area contributed by atoms with E-state index in [9.17, 15) is 26.7 Å². The van der Waals surface area contributed by atoms with Crippen molar-refractivity contribution >= 4 is 26.3 Å². The van der Waals surface area contributed by atoms with Gasteiger partial charge in [-0.3, -0.25) is 8.74 Å². The summed E-state index contributed by atoms with van der Waals surface area (Å²) in [4.78, 5) is 13.4. The lowest BCUT2D eigenvalue weighted by atomic mass is 10.2. The van der Waals surface area contributed by atoms with Crippen molar-refractivity contribution in [1.82, 2.24) is 4.90 Å². The van der Waals surface area contributed by atoms with Gasteiger partial charge in [0.25, 0.3) is 20.2 Å². The highest BCUT2D eigenvalue weighted by molar-refractivity contribution is 7.86. The Bertz CT molecular complexity index is 1180. The van der Waals surface area contributed by atoms with E-state index in [1.807, 2.05) is 6.92 Å². The molecule has 3 rings (SSSR count). The number of benzene rings is 2. The fourth-order valence-corrected chi connectivity index (χ4v) is 4.36. The average molecular weight is 532 g/mol. The van der Waals surface area contributed by atoms with Crippen LogP contribution < -0.4 is 4.74 Å². The second-order valence-electron chi connectivity index (χ2n) is 7.84. The van der Waals surface area contributed by atoms with Crippen molar-refractivity contribution in [2.75, 3.05) is 26.5 Å². The van der Waals surface area contributed by atoms with Gasteiger partial charge >= 0.3 is 6.09 Å². The summed E-state index contributed by atoms with van der Waals surface area (Å²) in [5.74, 6) is 0.700.